The Bertz CT molecular complexity index is 1250. The van der Waals surface area contributed by atoms with Crippen molar-refractivity contribution in [3.05, 3.63) is 77.9 Å². The van der Waals surface area contributed by atoms with Crippen molar-refractivity contribution in [3.63, 3.8) is 0 Å². The van der Waals surface area contributed by atoms with Gasteiger partial charge in [-0.3, -0.25) is 4.79 Å². The summed E-state index contributed by atoms with van der Waals surface area (Å²) in [6.45, 7) is 1.28. The molecule has 2 heterocycles. The molecule has 0 N–H and O–H groups in total. The molecule has 6 heteroatoms. The zero-order valence-electron chi connectivity index (χ0n) is 17.8. The van der Waals surface area contributed by atoms with Gasteiger partial charge in [-0.05, 0) is 72.3 Å². The van der Waals surface area contributed by atoms with E-state index in [4.69, 9.17) is 18.9 Å². The summed E-state index contributed by atoms with van der Waals surface area (Å²) in [5.74, 6) is 2.24. The van der Waals surface area contributed by atoms with Gasteiger partial charge in [0.05, 0.1) is 20.8 Å². The second kappa shape index (κ2) is 8.65. The highest BCUT2D eigenvalue weighted by molar-refractivity contribution is 7.22. The molecular weight excluding hydrogens is 424 g/mol. The topological polar surface area (TPSA) is 57.3 Å². The van der Waals surface area contributed by atoms with Gasteiger partial charge in [0, 0.05) is 26.1 Å². The molecular formula is C26H22O5S. The predicted octanol–water partition coefficient (Wildman–Crippen LogP) is 5.59. The fourth-order valence-electron chi connectivity index (χ4n) is 3.58. The van der Waals surface area contributed by atoms with Crippen LogP contribution < -0.4 is 14.2 Å². The van der Waals surface area contributed by atoms with Crippen molar-refractivity contribution >= 4 is 27.2 Å². The van der Waals surface area contributed by atoms with Crippen LogP contribution in [0.25, 0.3) is 20.5 Å². The molecule has 3 aromatic carbocycles. The lowest BCUT2D eigenvalue weighted by Gasteiger charge is -2.08. The Morgan fingerprint density at radius 2 is 1.59 bits per heavy atom. The van der Waals surface area contributed by atoms with Gasteiger partial charge in [0.15, 0.2) is 5.78 Å². The second-order valence-electron chi connectivity index (χ2n) is 7.52. The maximum atomic E-state index is 13.7. The Balaban J connectivity index is 1.55. The van der Waals surface area contributed by atoms with Crippen molar-refractivity contribution in [2.75, 3.05) is 27.4 Å². The molecule has 0 radical (unpaired) electrons. The summed E-state index contributed by atoms with van der Waals surface area (Å²) in [4.78, 5) is 14.6. The van der Waals surface area contributed by atoms with Crippen LogP contribution in [0.5, 0.6) is 17.2 Å². The van der Waals surface area contributed by atoms with Crippen LogP contribution in [0.1, 0.15) is 15.9 Å². The number of epoxide rings is 1. The monoisotopic (exact) mass is 446 g/mol. The van der Waals surface area contributed by atoms with Crippen LogP contribution in [0.15, 0.2) is 66.7 Å². The average Bonchev–Trinajstić information content (AvgIpc) is 3.60. The van der Waals surface area contributed by atoms with Crippen molar-refractivity contribution in [1.29, 1.82) is 0 Å². The molecule has 1 aromatic heterocycles. The molecule has 0 bridgehead atoms. The van der Waals surface area contributed by atoms with E-state index in [-0.39, 0.29) is 11.9 Å². The van der Waals surface area contributed by atoms with Gasteiger partial charge in [-0.1, -0.05) is 0 Å². The van der Waals surface area contributed by atoms with E-state index < -0.39 is 0 Å². The first-order valence-electron chi connectivity index (χ1n) is 10.3. The molecule has 1 unspecified atom stereocenters. The molecule has 0 spiro atoms. The lowest BCUT2D eigenvalue weighted by Crippen LogP contribution is -2.05. The van der Waals surface area contributed by atoms with Gasteiger partial charge in [0.1, 0.15) is 30.0 Å². The molecule has 4 aromatic rings. The Kier molecular flexibility index (Phi) is 5.55. The summed E-state index contributed by atoms with van der Waals surface area (Å²) in [6, 6.07) is 20.9. The first-order valence-corrected chi connectivity index (χ1v) is 11.1. The lowest BCUT2D eigenvalue weighted by molar-refractivity contribution is 0.104. The Hall–Kier alpha value is -3.35. The van der Waals surface area contributed by atoms with Crippen molar-refractivity contribution in [2.45, 2.75) is 6.10 Å². The zero-order valence-corrected chi connectivity index (χ0v) is 18.6. The summed E-state index contributed by atoms with van der Waals surface area (Å²) in [5, 5.41) is 0.915. The van der Waals surface area contributed by atoms with E-state index in [1.54, 1.807) is 25.6 Å². The van der Waals surface area contributed by atoms with Crippen LogP contribution >= 0.6 is 11.3 Å². The number of fused-ring (bicyclic) bond motifs is 1. The van der Waals surface area contributed by atoms with Gasteiger partial charge in [-0.25, -0.2) is 0 Å². The van der Waals surface area contributed by atoms with E-state index in [0.29, 0.717) is 17.7 Å². The van der Waals surface area contributed by atoms with Crippen LogP contribution in [-0.2, 0) is 4.74 Å². The highest BCUT2D eigenvalue weighted by Crippen LogP contribution is 2.41. The number of methoxy groups -OCH3 is 2. The molecule has 162 valence electrons. The van der Waals surface area contributed by atoms with Gasteiger partial charge >= 0.3 is 0 Å². The molecule has 1 fully saturated rings. The Labute approximate surface area is 190 Å². The predicted molar refractivity (Wildman–Crippen MR) is 125 cm³/mol. The van der Waals surface area contributed by atoms with E-state index >= 15 is 0 Å². The summed E-state index contributed by atoms with van der Waals surface area (Å²) in [6.07, 6.45) is 0.192. The van der Waals surface area contributed by atoms with E-state index in [1.807, 2.05) is 66.7 Å². The van der Waals surface area contributed by atoms with E-state index in [1.165, 1.54) is 0 Å². The molecule has 32 heavy (non-hydrogen) atoms. The van der Waals surface area contributed by atoms with Gasteiger partial charge in [-0.15, -0.1) is 11.3 Å². The Morgan fingerprint density at radius 3 is 2.25 bits per heavy atom. The van der Waals surface area contributed by atoms with Crippen molar-refractivity contribution < 1.29 is 23.7 Å². The number of carbonyl (C=O) groups excluding carboxylic acids is 1. The van der Waals surface area contributed by atoms with E-state index in [0.717, 1.165) is 44.4 Å². The number of thiophene rings is 1. The molecule has 1 saturated heterocycles. The maximum Gasteiger partial charge on any atom is 0.195 e. The minimum absolute atomic E-state index is 0.0238. The average molecular weight is 447 g/mol. The fourth-order valence-corrected chi connectivity index (χ4v) is 4.81. The minimum atomic E-state index is -0.0238. The third-order valence-corrected chi connectivity index (χ3v) is 6.63. The smallest absolute Gasteiger partial charge is 0.195 e. The third kappa shape index (κ3) is 4.07. The summed E-state index contributed by atoms with van der Waals surface area (Å²) in [5.41, 5.74) is 2.28. The number of ketones is 1. The number of ether oxygens (including phenoxy) is 4. The largest absolute Gasteiger partial charge is 0.497 e. The molecule has 0 amide bonds. The highest BCUT2D eigenvalue weighted by Gasteiger charge is 2.24. The van der Waals surface area contributed by atoms with Crippen LogP contribution in [0.4, 0.5) is 0 Å². The lowest BCUT2D eigenvalue weighted by atomic mass is 9.97. The number of rotatable bonds is 8. The molecule has 1 atom stereocenters. The summed E-state index contributed by atoms with van der Waals surface area (Å²) < 4.78 is 22.6. The first kappa shape index (κ1) is 20.5. The Morgan fingerprint density at radius 1 is 0.938 bits per heavy atom. The minimum Gasteiger partial charge on any atom is -0.497 e. The summed E-state index contributed by atoms with van der Waals surface area (Å²) >= 11 is 1.58. The number of carbonyl (C=O) groups is 1. The van der Waals surface area contributed by atoms with Crippen LogP contribution in [0.3, 0.4) is 0 Å². The third-order valence-electron chi connectivity index (χ3n) is 5.43. The molecule has 0 aliphatic carbocycles. The quantitative estimate of drug-likeness (QED) is 0.261. The van der Waals surface area contributed by atoms with Crippen molar-refractivity contribution in [2.24, 2.45) is 0 Å². The zero-order chi connectivity index (χ0) is 22.1. The molecule has 5 rings (SSSR count). The van der Waals surface area contributed by atoms with Gasteiger partial charge in [0.25, 0.3) is 0 Å². The fraction of sp³-hybridized carbons (Fsp3) is 0.192. The van der Waals surface area contributed by atoms with Gasteiger partial charge in [0.2, 0.25) is 0 Å². The SMILES string of the molecule is COc1ccc(-c2sc3cc(OC)ccc3c2C(=O)c2ccc(OCC3CO3)cc2)cc1. The van der Waals surface area contributed by atoms with Crippen molar-refractivity contribution in [3.8, 4) is 27.7 Å². The number of hydrogen-bond donors (Lipinski definition) is 0. The van der Waals surface area contributed by atoms with Crippen LogP contribution in [0.2, 0.25) is 0 Å². The molecule has 0 saturated carbocycles. The van der Waals surface area contributed by atoms with Crippen LogP contribution in [0, 0.1) is 0 Å². The van der Waals surface area contributed by atoms with Gasteiger partial charge < -0.3 is 18.9 Å². The maximum absolute atomic E-state index is 13.7. The van der Waals surface area contributed by atoms with Gasteiger partial charge in [-0.2, -0.15) is 0 Å². The second-order valence-corrected chi connectivity index (χ2v) is 8.57. The summed E-state index contributed by atoms with van der Waals surface area (Å²) in [7, 11) is 3.28. The number of hydrogen-bond acceptors (Lipinski definition) is 6. The van der Waals surface area contributed by atoms with Crippen LogP contribution in [-0.4, -0.2) is 39.3 Å². The molecule has 1 aliphatic heterocycles. The molecule has 1 aliphatic rings. The highest BCUT2D eigenvalue weighted by atomic mass is 32.1. The molecule has 5 nitrogen and oxygen atoms in total. The normalized spacial score (nSPS) is 14.9. The number of benzene rings is 3. The first-order chi connectivity index (χ1) is 15.7. The van der Waals surface area contributed by atoms with E-state index in [9.17, 15) is 4.79 Å². The standard InChI is InChI=1S/C26H22O5S/c1-28-18-7-5-17(6-8-18)26-24(22-12-11-20(29-2)13-23(22)32-26)25(27)16-3-9-19(10-4-16)30-14-21-15-31-21/h3-13,21H,14-15H2,1-2H3. The van der Waals surface area contributed by atoms with Crippen molar-refractivity contribution in [1.82, 2.24) is 0 Å². The van der Waals surface area contributed by atoms with E-state index in [2.05, 4.69) is 0 Å².